The summed E-state index contributed by atoms with van der Waals surface area (Å²) in [6.45, 7) is 7.07. The van der Waals surface area contributed by atoms with Gasteiger partial charge in [0.15, 0.2) is 0 Å². The van der Waals surface area contributed by atoms with Crippen LogP contribution in [0.1, 0.15) is 79.3 Å². The first-order chi connectivity index (χ1) is 26.5. The number of likely N-dealkylation sites (N-methyl/N-ethyl adjacent to an activating group) is 1. The van der Waals surface area contributed by atoms with Crippen molar-refractivity contribution in [1.29, 1.82) is 0 Å². The summed E-state index contributed by atoms with van der Waals surface area (Å²) in [7, 11) is 15.1. The Bertz CT molecular complexity index is 4040. The number of hydrogen-bond acceptors (Lipinski definition) is 0. The van der Waals surface area contributed by atoms with Crippen molar-refractivity contribution in [1.82, 2.24) is 0 Å². The van der Waals surface area contributed by atoms with Crippen LogP contribution in [-0.2, 0) is 26.2 Å². The van der Waals surface area contributed by atoms with E-state index in [0.717, 1.165) is 39.6 Å². The molecule has 4 aliphatic carbocycles. The van der Waals surface area contributed by atoms with E-state index in [1.165, 1.54) is 13.1 Å². The van der Waals surface area contributed by atoms with Crippen LogP contribution in [0.25, 0.3) is 125 Å². The van der Waals surface area contributed by atoms with Crippen LogP contribution >= 0.6 is 0 Å². The second-order valence-electron chi connectivity index (χ2n) is 22.4. The highest BCUT2D eigenvalue weighted by atomic mass is 15.3. The molecule has 7 aliphatic rings. The van der Waals surface area contributed by atoms with Gasteiger partial charge >= 0.3 is 0 Å². The van der Waals surface area contributed by atoms with Crippen LogP contribution in [0.3, 0.4) is 0 Å². The molecule has 0 amide bonds. The molecule has 12 aromatic rings. The molecule has 3 heteroatoms. The average Bonchev–Trinajstić information content (AvgIpc) is 3.98. The first-order valence-corrected chi connectivity index (χ1v) is 21.3. The number of benzene rings is 7. The first kappa shape index (κ1) is 26.1. The first-order valence-electron chi connectivity index (χ1n) is 21.3. The Balaban J connectivity index is 1.25. The maximum atomic E-state index is 2.75. The molecule has 3 nitrogen and oxygen atoms in total. The van der Waals surface area contributed by atoms with Crippen molar-refractivity contribution >= 4 is 125 Å². The van der Waals surface area contributed by atoms with Gasteiger partial charge in [-0.1, -0.05) is 24.3 Å². The second-order valence-corrected chi connectivity index (χ2v) is 22.4. The van der Waals surface area contributed by atoms with Crippen molar-refractivity contribution in [2.45, 2.75) is 49.9 Å². The van der Waals surface area contributed by atoms with E-state index < -0.39 is 0 Å². The number of allylic oxidation sites excluding steroid dienone is 1. The van der Waals surface area contributed by atoms with Gasteiger partial charge in [-0.3, -0.25) is 0 Å². The summed E-state index contributed by atoms with van der Waals surface area (Å²) in [5.41, 5.74) is 17.3. The second kappa shape index (κ2) is 6.64. The fourth-order valence-electron chi connectivity index (χ4n) is 17.6. The fourth-order valence-corrected chi connectivity index (χ4v) is 17.6. The van der Waals surface area contributed by atoms with E-state index in [1.807, 2.05) is 0 Å². The molecule has 12 aromatic carbocycles. The Morgan fingerprint density at radius 2 is 0.836 bits per heavy atom. The molecule has 1 saturated heterocycles. The van der Waals surface area contributed by atoms with E-state index in [1.54, 1.807) is 174 Å². The lowest BCUT2D eigenvalue weighted by molar-refractivity contribution is -0.909. The smallest absolute Gasteiger partial charge is 0.105 e. The van der Waals surface area contributed by atoms with Crippen molar-refractivity contribution < 1.29 is 13.4 Å². The molecule has 4 unspecified atom stereocenters. The van der Waals surface area contributed by atoms with Crippen molar-refractivity contribution in [2.24, 2.45) is 0 Å². The Kier molecular flexibility index (Phi) is 3.15. The van der Waals surface area contributed by atoms with Crippen LogP contribution in [-0.4, -0.2) is 68.8 Å². The minimum absolute atomic E-state index is 0.447. The van der Waals surface area contributed by atoms with E-state index in [4.69, 9.17) is 0 Å². The standard InChI is InChI=1S/C52H38N3/c1-53(2)11-21-22(12-53)28-18-8-10-20-30-24-14-55(5,6)16-26(24)36-35-25-15-54(3,4)13-23(25)29-19-9-7-17-27(21)37-38(28)42-32(18)34(20)44-40(30)46(36)47-45(35)39(29)43-33(19)31(17)41(37)48-49(42)51(44)52(47)50(43)48/h7-10,17,23,25,31H,11-16H2,1-6H3/q+3. The Hall–Kier alpha value is -4.80. The maximum absolute atomic E-state index is 2.75. The number of quaternary nitrogens is 3. The van der Waals surface area contributed by atoms with Crippen molar-refractivity contribution in [3.05, 3.63) is 73.8 Å². The number of likely N-dealkylation sites (tertiary alicyclic amines) is 1. The third-order valence-corrected chi connectivity index (χ3v) is 18.4. The molecule has 0 spiro atoms. The lowest BCUT2D eigenvalue weighted by Crippen LogP contribution is -2.36. The van der Waals surface area contributed by atoms with Crippen LogP contribution in [0.15, 0.2) is 18.2 Å². The minimum Gasteiger partial charge on any atom is -0.327 e. The molecular weight excluding hydrogens is 667 g/mol. The quantitative estimate of drug-likeness (QED) is 0.109. The van der Waals surface area contributed by atoms with Crippen molar-refractivity contribution in [3.63, 3.8) is 0 Å². The monoisotopic (exact) mass is 704 g/mol. The van der Waals surface area contributed by atoms with Crippen LogP contribution in [0.5, 0.6) is 0 Å². The van der Waals surface area contributed by atoms with Crippen molar-refractivity contribution in [2.75, 3.05) is 55.4 Å². The number of rotatable bonds is 0. The van der Waals surface area contributed by atoms with Gasteiger partial charge in [0.2, 0.25) is 0 Å². The summed E-state index contributed by atoms with van der Waals surface area (Å²) in [6, 6.07) is 5.27. The van der Waals surface area contributed by atoms with Crippen LogP contribution < -0.4 is 0 Å². The van der Waals surface area contributed by atoms with Gasteiger partial charge < -0.3 is 13.4 Å². The molecule has 0 saturated carbocycles. The summed E-state index contributed by atoms with van der Waals surface area (Å²) in [5, 5.41) is 36.7. The molecule has 0 N–H and O–H groups in total. The summed E-state index contributed by atoms with van der Waals surface area (Å²) < 4.78 is 3.24. The third kappa shape index (κ3) is 2.05. The van der Waals surface area contributed by atoms with Gasteiger partial charge in [-0.15, -0.1) is 0 Å². The zero-order valence-electron chi connectivity index (χ0n) is 32.2. The zero-order chi connectivity index (χ0) is 35.4. The van der Waals surface area contributed by atoms with Gasteiger partial charge in [0.1, 0.15) is 26.2 Å². The summed E-state index contributed by atoms with van der Waals surface area (Å²) in [5.74, 6) is 2.05. The van der Waals surface area contributed by atoms with Gasteiger partial charge in [-0.05, 0) is 141 Å². The normalized spacial score (nSPS) is 27.4. The van der Waals surface area contributed by atoms with Crippen LogP contribution in [0, 0.1) is 0 Å². The van der Waals surface area contributed by atoms with E-state index in [2.05, 4.69) is 66.6 Å². The summed E-state index contributed by atoms with van der Waals surface area (Å²) in [6.07, 6.45) is 5.46. The number of fused-ring (bicyclic) bond motifs is 14. The molecule has 0 radical (unpaired) electrons. The largest absolute Gasteiger partial charge is 0.327 e. The molecule has 258 valence electrons. The molecule has 3 heterocycles. The molecule has 19 rings (SSSR count). The predicted molar refractivity (Wildman–Crippen MR) is 228 cm³/mol. The molecule has 3 aliphatic heterocycles. The Morgan fingerprint density at radius 1 is 0.382 bits per heavy atom. The van der Waals surface area contributed by atoms with Crippen molar-refractivity contribution in [3.8, 4) is 0 Å². The van der Waals surface area contributed by atoms with Gasteiger partial charge in [0, 0.05) is 56.7 Å². The fraction of sp³-hybridized carbons (Fsp3) is 0.308. The molecule has 0 aromatic heterocycles. The van der Waals surface area contributed by atoms with Gasteiger partial charge in [0.05, 0.1) is 55.4 Å². The molecule has 0 bridgehead atoms. The lowest BCUT2D eigenvalue weighted by Gasteiger charge is -2.29. The number of hydrogen-bond donors (Lipinski definition) is 0. The van der Waals surface area contributed by atoms with E-state index in [9.17, 15) is 0 Å². The SMILES string of the molecule is C[N+]1(C)Cc2c3c4c5c6c7c8c9c(c%10c8c8c(c%11c%12c(c%13c%14ccc%15c(c2C1)c4c1c%15c%14c2c%13c%11c8c7c2c61)C[N+](C)(C)C%12)C1C[N+](C)(C)CC%101)C=CC3C95. The zero-order valence-corrected chi connectivity index (χ0v) is 32.2. The van der Waals surface area contributed by atoms with Gasteiger partial charge in [0.25, 0.3) is 0 Å². The summed E-state index contributed by atoms with van der Waals surface area (Å²) in [4.78, 5) is 0. The van der Waals surface area contributed by atoms with E-state index in [-0.39, 0.29) is 0 Å². The third-order valence-electron chi connectivity index (χ3n) is 18.4. The predicted octanol–water partition coefficient (Wildman–Crippen LogP) is 10.9. The van der Waals surface area contributed by atoms with Gasteiger partial charge in [-0.25, -0.2) is 0 Å². The summed E-state index contributed by atoms with van der Waals surface area (Å²) >= 11 is 0. The number of nitrogens with zero attached hydrogens (tertiary/aromatic N) is 3. The average molecular weight is 705 g/mol. The highest BCUT2D eigenvalue weighted by Gasteiger charge is 2.56. The maximum Gasteiger partial charge on any atom is 0.105 e. The van der Waals surface area contributed by atoms with Gasteiger partial charge in [-0.2, -0.15) is 0 Å². The molecule has 4 atom stereocenters. The minimum atomic E-state index is 0.447. The molecule has 55 heavy (non-hydrogen) atoms. The Labute approximate surface area is 316 Å². The van der Waals surface area contributed by atoms with E-state index >= 15 is 0 Å². The molecule has 1 fully saturated rings. The van der Waals surface area contributed by atoms with Crippen LogP contribution in [0.4, 0.5) is 0 Å². The van der Waals surface area contributed by atoms with E-state index in [0.29, 0.717) is 23.7 Å². The topological polar surface area (TPSA) is 0 Å². The molecular formula is C52H38N3+3. The Morgan fingerprint density at radius 3 is 1.53 bits per heavy atom. The highest BCUT2D eigenvalue weighted by molar-refractivity contribution is 6.64. The lowest BCUT2D eigenvalue weighted by atomic mass is 9.73. The van der Waals surface area contributed by atoms with Crippen LogP contribution in [0.2, 0.25) is 0 Å². The highest BCUT2D eigenvalue weighted by Crippen LogP contribution is 2.74.